The molecule has 0 aliphatic rings. The number of fused-ring (bicyclic) bond motifs is 5. The zero-order chi connectivity index (χ0) is 20.6. The molecule has 148 valence electrons. The van der Waals surface area contributed by atoms with Gasteiger partial charge in [-0.1, -0.05) is 20.8 Å². The molecule has 0 unspecified atom stereocenters. The Bertz CT molecular complexity index is 1590. The van der Waals surface area contributed by atoms with Crippen molar-refractivity contribution in [2.24, 2.45) is 0 Å². The van der Waals surface area contributed by atoms with Gasteiger partial charge in [0.05, 0.1) is 17.3 Å². The average molecular weight is 413 g/mol. The molecule has 0 aliphatic heterocycles. The third-order valence-corrected chi connectivity index (χ3v) is 6.75. The maximum Gasteiger partial charge on any atom is 0.230 e. The molecule has 2 aromatic carbocycles. The SMILES string of the molecule is Cc1coc2cc3oc4ncnc(-c5cc(C(C)(C)C)c6sccc6c5)c4c3cc12. The number of aromatic nitrogens is 2. The van der Waals surface area contributed by atoms with Crippen LogP contribution in [-0.4, -0.2) is 9.97 Å². The molecule has 6 aromatic rings. The second-order valence-electron chi connectivity index (χ2n) is 8.88. The van der Waals surface area contributed by atoms with Gasteiger partial charge in [0.15, 0.2) is 0 Å². The van der Waals surface area contributed by atoms with Crippen molar-refractivity contribution >= 4 is 54.5 Å². The van der Waals surface area contributed by atoms with E-state index in [1.54, 1.807) is 23.9 Å². The van der Waals surface area contributed by atoms with E-state index in [0.717, 1.165) is 44.1 Å². The van der Waals surface area contributed by atoms with Crippen LogP contribution >= 0.6 is 11.3 Å². The fraction of sp³-hybridized carbons (Fsp3) is 0.200. The first kappa shape index (κ1) is 17.7. The zero-order valence-electron chi connectivity index (χ0n) is 17.2. The summed E-state index contributed by atoms with van der Waals surface area (Å²) >= 11 is 1.79. The van der Waals surface area contributed by atoms with Gasteiger partial charge in [0.25, 0.3) is 0 Å². The molecule has 4 aromatic heterocycles. The molecule has 0 spiro atoms. The summed E-state index contributed by atoms with van der Waals surface area (Å²) in [6, 6.07) is 10.8. The van der Waals surface area contributed by atoms with Crippen LogP contribution in [0.15, 0.2) is 57.1 Å². The van der Waals surface area contributed by atoms with Crippen LogP contribution in [0.2, 0.25) is 0 Å². The molecule has 0 saturated heterocycles. The van der Waals surface area contributed by atoms with E-state index in [-0.39, 0.29) is 5.41 Å². The summed E-state index contributed by atoms with van der Waals surface area (Å²) in [6.45, 7) is 8.82. The number of aryl methyl sites for hydroxylation is 1. The maximum atomic E-state index is 6.09. The average Bonchev–Trinajstić information content (AvgIpc) is 3.41. The molecule has 0 amide bonds. The van der Waals surface area contributed by atoms with Gasteiger partial charge in [-0.25, -0.2) is 9.97 Å². The summed E-state index contributed by atoms with van der Waals surface area (Å²) in [6.07, 6.45) is 3.37. The van der Waals surface area contributed by atoms with Crippen molar-refractivity contribution in [3.8, 4) is 11.3 Å². The van der Waals surface area contributed by atoms with Crippen molar-refractivity contribution in [3.63, 3.8) is 0 Å². The minimum absolute atomic E-state index is 0.0315. The van der Waals surface area contributed by atoms with Gasteiger partial charge in [0, 0.05) is 27.1 Å². The molecule has 6 rings (SSSR count). The summed E-state index contributed by atoms with van der Waals surface area (Å²) in [5.41, 5.74) is 6.64. The second-order valence-corrected chi connectivity index (χ2v) is 9.80. The molecule has 4 nitrogen and oxygen atoms in total. The standard InChI is InChI=1S/C25H20N2O2S/c1-13-11-28-19-10-20-17(9-16(13)19)21-22(26-12-27-24(21)29-20)15-7-14-5-6-30-23(14)18(8-15)25(2,3)4/h5-12H,1-4H3. The number of rotatable bonds is 1. The molecule has 5 heteroatoms. The van der Waals surface area contributed by atoms with Gasteiger partial charge >= 0.3 is 0 Å². The summed E-state index contributed by atoms with van der Waals surface area (Å²) in [5, 5.41) is 6.45. The molecular formula is C25H20N2O2S. The summed E-state index contributed by atoms with van der Waals surface area (Å²) < 4.78 is 13.1. The Morgan fingerprint density at radius 3 is 2.67 bits per heavy atom. The van der Waals surface area contributed by atoms with Gasteiger partial charge < -0.3 is 8.83 Å². The zero-order valence-corrected chi connectivity index (χ0v) is 18.1. The lowest BCUT2D eigenvalue weighted by atomic mass is 9.85. The van der Waals surface area contributed by atoms with E-state index >= 15 is 0 Å². The highest BCUT2D eigenvalue weighted by Gasteiger charge is 2.22. The van der Waals surface area contributed by atoms with Gasteiger partial charge in [-0.15, -0.1) is 11.3 Å². The molecule has 0 saturated carbocycles. The highest BCUT2D eigenvalue weighted by atomic mass is 32.1. The minimum Gasteiger partial charge on any atom is -0.464 e. The molecule has 0 N–H and O–H groups in total. The van der Waals surface area contributed by atoms with Crippen LogP contribution in [0, 0.1) is 6.92 Å². The summed E-state index contributed by atoms with van der Waals surface area (Å²) in [4.78, 5) is 9.13. The van der Waals surface area contributed by atoms with Gasteiger partial charge in [-0.2, -0.15) is 0 Å². The number of nitrogens with zero attached hydrogens (tertiary/aromatic N) is 2. The van der Waals surface area contributed by atoms with Crippen molar-refractivity contribution in [1.29, 1.82) is 0 Å². The predicted molar refractivity (Wildman–Crippen MR) is 123 cm³/mol. The minimum atomic E-state index is 0.0315. The quantitative estimate of drug-likeness (QED) is 0.279. The second kappa shape index (κ2) is 5.92. The highest BCUT2D eigenvalue weighted by Crippen LogP contribution is 2.41. The topological polar surface area (TPSA) is 52.1 Å². The Hall–Kier alpha value is -3.18. The van der Waals surface area contributed by atoms with Gasteiger partial charge in [-0.05, 0) is 58.5 Å². The molecule has 0 fully saturated rings. The van der Waals surface area contributed by atoms with E-state index in [0.29, 0.717) is 5.71 Å². The Kier molecular flexibility index (Phi) is 3.49. The number of furan rings is 2. The van der Waals surface area contributed by atoms with E-state index < -0.39 is 0 Å². The number of thiophene rings is 1. The monoisotopic (exact) mass is 412 g/mol. The van der Waals surface area contributed by atoms with E-state index in [9.17, 15) is 0 Å². The van der Waals surface area contributed by atoms with Crippen molar-refractivity contribution in [2.45, 2.75) is 33.1 Å². The van der Waals surface area contributed by atoms with E-state index in [1.165, 1.54) is 15.6 Å². The third-order valence-electron chi connectivity index (χ3n) is 5.79. The third kappa shape index (κ3) is 2.45. The number of hydrogen-bond donors (Lipinski definition) is 0. The first-order chi connectivity index (χ1) is 14.4. The number of benzene rings is 2. The Balaban J connectivity index is 1.72. The number of hydrogen-bond acceptors (Lipinski definition) is 5. The lowest BCUT2D eigenvalue weighted by Crippen LogP contribution is -2.11. The van der Waals surface area contributed by atoms with Crippen molar-refractivity contribution in [3.05, 3.63) is 59.4 Å². The molecule has 0 radical (unpaired) electrons. The lowest BCUT2D eigenvalue weighted by Gasteiger charge is -2.21. The molecular weight excluding hydrogens is 392 g/mol. The first-order valence-corrected chi connectivity index (χ1v) is 10.9. The first-order valence-electron chi connectivity index (χ1n) is 9.97. The van der Waals surface area contributed by atoms with Crippen LogP contribution in [0.25, 0.3) is 54.4 Å². The molecule has 30 heavy (non-hydrogen) atoms. The molecule has 0 aliphatic carbocycles. The van der Waals surface area contributed by atoms with Crippen molar-refractivity contribution in [2.75, 3.05) is 0 Å². The van der Waals surface area contributed by atoms with Crippen LogP contribution in [0.1, 0.15) is 31.9 Å². The van der Waals surface area contributed by atoms with Gasteiger partial charge in [-0.3, -0.25) is 0 Å². The van der Waals surface area contributed by atoms with Gasteiger partial charge in [0.1, 0.15) is 17.5 Å². The fourth-order valence-corrected chi connectivity index (χ4v) is 5.36. The van der Waals surface area contributed by atoms with E-state index in [4.69, 9.17) is 13.8 Å². The van der Waals surface area contributed by atoms with Crippen LogP contribution in [0.5, 0.6) is 0 Å². The van der Waals surface area contributed by atoms with Crippen molar-refractivity contribution in [1.82, 2.24) is 9.97 Å². The largest absolute Gasteiger partial charge is 0.464 e. The maximum absolute atomic E-state index is 6.09. The fourth-order valence-electron chi connectivity index (χ4n) is 4.25. The molecule has 4 heterocycles. The smallest absolute Gasteiger partial charge is 0.230 e. The molecule has 0 atom stereocenters. The van der Waals surface area contributed by atoms with Crippen LogP contribution in [-0.2, 0) is 5.41 Å². The summed E-state index contributed by atoms with van der Waals surface area (Å²) in [7, 11) is 0. The predicted octanol–water partition coefficient (Wildman–Crippen LogP) is 7.61. The normalized spacial score (nSPS) is 12.7. The Labute approximate surface area is 177 Å². The molecule has 0 bridgehead atoms. The highest BCUT2D eigenvalue weighted by molar-refractivity contribution is 7.17. The Morgan fingerprint density at radius 2 is 1.83 bits per heavy atom. The van der Waals surface area contributed by atoms with Crippen molar-refractivity contribution < 1.29 is 8.83 Å². The van der Waals surface area contributed by atoms with Crippen LogP contribution < -0.4 is 0 Å². The van der Waals surface area contributed by atoms with E-state index in [1.807, 2.05) is 6.07 Å². The van der Waals surface area contributed by atoms with Crippen LogP contribution in [0.4, 0.5) is 0 Å². The van der Waals surface area contributed by atoms with Crippen LogP contribution in [0.3, 0.4) is 0 Å². The van der Waals surface area contributed by atoms with E-state index in [2.05, 4.69) is 62.3 Å². The van der Waals surface area contributed by atoms with Gasteiger partial charge in [0.2, 0.25) is 5.71 Å². The summed E-state index contributed by atoms with van der Waals surface area (Å²) in [5.74, 6) is 0. The lowest BCUT2D eigenvalue weighted by molar-refractivity contribution is 0.597. The Morgan fingerprint density at radius 1 is 0.967 bits per heavy atom.